The fourth-order valence-corrected chi connectivity index (χ4v) is 1.90. The summed E-state index contributed by atoms with van der Waals surface area (Å²) in [7, 11) is 2.57. The van der Waals surface area contributed by atoms with E-state index in [2.05, 4.69) is 10.1 Å². The Labute approximate surface area is 130 Å². The minimum absolute atomic E-state index is 0.00684. The van der Waals surface area contributed by atoms with Gasteiger partial charge in [0.15, 0.2) is 0 Å². The lowest BCUT2D eigenvalue weighted by atomic mass is 10.1. The van der Waals surface area contributed by atoms with Crippen molar-refractivity contribution in [1.29, 1.82) is 0 Å². The van der Waals surface area contributed by atoms with Gasteiger partial charge in [0.05, 0.1) is 19.8 Å². The topological polar surface area (TPSA) is 64.6 Å². The number of esters is 2. The Balaban J connectivity index is 2.98. The van der Waals surface area contributed by atoms with Crippen molar-refractivity contribution in [2.24, 2.45) is 0 Å². The van der Waals surface area contributed by atoms with E-state index in [1.807, 2.05) is 37.3 Å². The number of carbonyl (C=O) groups is 2. The molecular weight excluding hydrogens is 282 g/mol. The van der Waals surface area contributed by atoms with Crippen LogP contribution < -0.4 is 5.32 Å². The normalized spacial score (nSPS) is 13.3. The monoisotopic (exact) mass is 303 g/mol. The fourth-order valence-electron chi connectivity index (χ4n) is 1.90. The molecule has 5 nitrogen and oxygen atoms in total. The molecule has 1 aromatic carbocycles. The van der Waals surface area contributed by atoms with E-state index in [4.69, 9.17) is 4.74 Å². The molecule has 118 valence electrons. The molecule has 1 rings (SSSR count). The van der Waals surface area contributed by atoms with Gasteiger partial charge in [-0.25, -0.2) is 9.59 Å². The third kappa shape index (κ3) is 5.09. The summed E-state index contributed by atoms with van der Waals surface area (Å²) in [5, 5.41) is 3.23. The molecular formula is C17H21NO4. The molecule has 1 unspecified atom stereocenters. The van der Waals surface area contributed by atoms with Crippen molar-refractivity contribution in [2.75, 3.05) is 14.2 Å². The summed E-state index contributed by atoms with van der Waals surface area (Å²) in [5.41, 5.74) is 1.97. The smallest absolute Gasteiger partial charge is 0.339 e. The van der Waals surface area contributed by atoms with Gasteiger partial charge in [-0.3, -0.25) is 0 Å². The van der Waals surface area contributed by atoms with Crippen LogP contribution in [0.25, 0.3) is 0 Å². The van der Waals surface area contributed by atoms with Gasteiger partial charge < -0.3 is 14.8 Å². The molecule has 0 spiro atoms. The van der Waals surface area contributed by atoms with E-state index in [0.717, 1.165) is 5.56 Å². The van der Waals surface area contributed by atoms with Gasteiger partial charge in [0.2, 0.25) is 0 Å². The molecule has 0 saturated heterocycles. The maximum Gasteiger partial charge on any atom is 0.339 e. The number of carbonyl (C=O) groups excluding carboxylic acids is 2. The van der Waals surface area contributed by atoms with Gasteiger partial charge in [0.25, 0.3) is 0 Å². The maximum atomic E-state index is 11.8. The molecule has 0 bridgehead atoms. The molecule has 1 atom stereocenters. The number of hydrogen-bond donors (Lipinski definition) is 1. The zero-order valence-electron chi connectivity index (χ0n) is 13.3. The molecule has 22 heavy (non-hydrogen) atoms. The first kappa shape index (κ1) is 17.5. The third-order valence-electron chi connectivity index (χ3n) is 3.13. The van der Waals surface area contributed by atoms with Crippen LogP contribution in [0.3, 0.4) is 0 Å². The van der Waals surface area contributed by atoms with E-state index in [9.17, 15) is 9.59 Å². The van der Waals surface area contributed by atoms with E-state index in [1.54, 1.807) is 6.92 Å². The van der Waals surface area contributed by atoms with Crippen molar-refractivity contribution in [3.05, 3.63) is 59.3 Å². The SMILES string of the molecule is COC(=O)/C=C/C(C(=O)OC)=C(\C)NC(C)c1ccccc1. The number of nitrogens with one attached hydrogen (secondary N) is 1. The lowest BCUT2D eigenvalue weighted by Crippen LogP contribution is -2.20. The highest BCUT2D eigenvalue weighted by Gasteiger charge is 2.13. The van der Waals surface area contributed by atoms with Gasteiger partial charge in [-0.1, -0.05) is 30.3 Å². The van der Waals surface area contributed by atoms with Gasteiger partial charge in [0.1, 0.15) is 0 Å². The molecule has 1 aromatic rings. The van der Waals surface area contributed by atoms with Crippen LogP contribution in [0.1, 0.15) is 25.5 Å². The Kier molecular flexibility index (Phi) is 6.89. The van der Waals surface area contributed by atoms with Gasteiger partial charge in [0, 0.05) is 17.8 Å². The van der Waals surface area contributed by atoms with Crippen molar-refractivity contribution in [3.63, 3.8) is 0 Å². The lowest BCUT2D eigenvalue weighted by Gasteiger charge is -2.17. The van der Waals surface area contributed by atoms with Crippen LogP contribution in [0.15, 0.2) is 53.8 Å². The summed E-state index contributed by atoms with van der Waals surface area (Å²) in [6, 6.07) is 9.83. The van der Waals surface area contributed by atoms with Crippen LogP contribution in [0.5, 0.6) is 0 Å². The highest BCUT2D eigenvalue weighted by Crippen LogP contribution is 2.15. The van der Waals surface area contributed by atoms with E-state index >= 15 is 0 Å². The standard InChI is InChI=1S/C17H21NO4/c1-12(14-8-6-5-7-9-14)18-13(2)15(17(20)22-4)10-11-16(19)21-3/h5-12,18H,1-4H3/b11-10+,15-13-. The van der Waals surface area contributed by atoms with Crippen LogP contribution >= 0.6 is 0 Å². The third-order valence-corrected chi connectivity index (χ3v) is 3.13. The van der Waals surface area contributed by atoms with E-state index in [0.29, 0.717) is 5.70 Å². The van der Waals surface area contributed by atoms with Crippen molar-refractivity contribution < 1.29 is 19.1 Å². The summed E-state index contributed by atoms with van der Waals surface area (Å²) in [6.07, 6.45) is 2.57. The molecule has 0 fully saturated rings. The zero-order valence-corrected chi connectivity index (χ0v) is 13.3. The van der Waals surface area contributed by atoms with Crippen LogP contribution in [0.4, 0.5) is 0 Å². The van der Waals surface area contributed by atoms with Crippen LogP contribution in [0, 0.1) is 0 Å². The van der Waals surface area contributed by atoms with Crippen LogP contribution in [0.2, 0.25) is 0 Å². The van der Waals surface area contributed by atoms with E-state index in [1.165, 1.54) is 26.4 Å². The molecule has 0 aromatic heterocycles. The molecule has 1 N–H and O–H groups in total. The zero-order chi connectivity index (χ0) is 16.5. The minimum Gasteiger partial charge on any atom is -0.466 e. The summed E-state index contributed by atoms with van der Waals surface area (Å²) >= 11 is 0. The van der Waals surface area contributed by atoms with Crippen LogP contribution in [-0.4, -0.2) is 26.2 Å². The highest BCUT2D eigenvalue weighted by molar-refractivity contribution is 5.94. The first-order valence-electron chi connectivity index (χ1n) is 6.86. The number of ether oxygens (including phenoxy) is 2. The molecule has 0 aliphatic rings. The quantitative estimate of drug-likeness (QED) is 0.497. The van der Waals surface area contributed by atoms with Gasteiger partial charge in [-0.05, 0) is 25.5 Å². The predicted octanol–water partition coefficient (Wildman–Crippen LogP) is 2.51. The maximum absolute atomic E-state index is 11.8. The predicted molar refractivity (Wildman–Crippen MR) is 83.9 cm³/mol. The summed E-state index contributed by atoms with van der Waals surface area (Å²) in [4.78, 5) is 23.0. The number of hydrogen-bond acceptors (Lipinski definition) is 5. The molecule has 0 aliphatic heterocycles. The Morgan fingerprint density at radius 2 is 1.73 bits per heavy atom. The molecule has 0 aliphatic carbocycles. The molecule has 0 radical (unpaired) electrons. The van der Waals surface area contributed by atoms with Gasteiger partial charge in [-0.15, -0.1) is 0 Å². The average Bonchev–Trinajstić information content (AvgIpc) is 2.55. The Bertz CT molecular complexity index is 576. The first-order chi connectivity index (χ1) is 10.5. The first-order valence-corrected chi connectivity index (χ1v) is 6.86. The molecule has 0 saturated carbocycles. The van der Waals surface area contributed by atoms with E-state index in [-0.39, 0.29) is 11.6 Å². The van der Waals surface area contributed by atoms with Crippen molar-refractivity contribution in [3.8, 4) is 0 Å². The van der Waals surface area contributed by atoms with Gasteiger partial charge >= 0.3 is 11.9 Å². The lowest BCUT2D eigenvalue weighted by molar-refractivity contribution is -0.135. The van der Waals surface area contributed by atoms with E-state index < -0.39 is 11.9 Å². The number of allylic oxidation sites excluding steroid dienone is 1. The second-order valence-corrected chi connectivity index (χ2v) is 4.66. The molecule has 0 heterocycles. The second kappa shape index (κ2) is 8.67. The summed E-state index contributed by atoms with van der Waals surface area (Å²) in [6.45, 7) is 3.74. The number of rotatable bonds is 6. The number of methoxy groups -OCH3 is 2. The number of benzene rings is 1. The van der Waals surface area contributed by atoms with Crippen LogP contribution in [-0.2, 0) is 19.1 Å². The minimum atomic E-state index is -0.537. The Hall–Kier alpha value is -2.56. The molecule has 5 heteroatoms. The Morgan fingerprint density at radius 3 is 2.27 bits per heavy atom. The van der Waals surface area contributed by atoms with Crippen molar-refractivity contribution in [1.82, 2.24) is 5.32 Å². The molecule has 0 amide bonds. The fraction of sp³-hybridized carbons (Fsp3) is 0.294. The average molecular weight is 303 g/mol. The largest absolute Gasteiger partial charge is 0.466 e. The Morgan fingerprint density at radius 1 is 1.09 bits per heavy atom. The van der Waals surface area contributed by atoms with Crippen molar-refractivity contribution in [2.45, 2.75) is 19.9 Å². The summed E-state index contributed by atoms with van der Waals surface area (Å²) in [5.74, 6) is -1.06. The summed E-state index contributed by atoms with van der Waals surface area (Å²) < 4.78 is 9.27. The highest BCUT2D eigenvalue weighted by atomic mass is 16.5. The second-order valence-electron chi connectivity index (χ2n) is 4.66. The van der Waals surface area contributed by atoms with Crippen molar-refractivity contribution >= 4 is 11.9 Å². The van der Waals surface area contributed by atoms with Gasteiger partial charge in [-0.2, -0.15) is 0 Å².